The Morgan fingerprint density at radius 1 is 1.19 bits per heavy atom. The Morgan fingerprint density at radius 2 is 1.81 bits per heavy atom. The van der Waals surface area contributed by atoms with Crippen LogP contribution in [0.3, 0.4) is 0 Å². The van der Waals surface area contributed by atoms with Gasteiger partial charge in [-0.05, 0) is 37.6 Å². The van der Waals surface area contributed by atoms with Crippen molar-refractivity contribution in [2.45, 2.75) is 25.4 Å². The number of rotatable bonds is 4. The summed E-state index contributed by atoms with van der Waals surface area (Å²) in [4.78, 5) is 18.7. The molecule has 26 heavy (non-hydrogen) atoms. The third-order valence-corrected chi connectivity index (χ3v) is 7.27. The van der Waals surface area contributed by atoms with Crippen LogP contribution in [0.4, 0.5) is 10.1 Å². The normalized spacial score (nSPS) is 24.4. The quantitative estimate of drug-likeness (QED) is 0.776. The highest BCUT2D eigenvalue weighted by Gasteiger charge is 2.35. The number of likely N-dealkylation sites (N-methyl/N-ethyl adjacent to an activating group) is 1. The standard InChI is InChI=1S/C18H26FN3O3S/c1-14(18(23)20(2)17-7-12-26(24,25)13-17)21-8-10-22(11-9-21)16-5-3-15(19)4-6-16/h3-6,14,17H,7-13H2,1-2H3/t14-,17+/m0/s1. The zero-order valence-corrected chi connectivity index (χ0v) is 16.1. The molecule has 2 aliphatic rings. The van der Waals surface area contributed by atoms with Crippen molar-refractivity contribution in [1.82, 2.24) is 9.80 Å². The minimum absolute atomic E-state index is 0.0256. The van der Waals surface area contributed by atoms with Crippen LogP contribution in [0.1, 0.15) is 13.3 Å². The van der Waals surface area contributed by atoms with Crippen LogP contribution in [-0.2, 0) is 14.6 Å². The summed E-state index contributed by atoms with van der Waals surface area (Å²) < 4.78 is 36.4. The maximum absolute atomic E-state index is 13.1. The van der Waals surface area contributed by atoms with E-state index in [1.165, 1.54) is 12.1 Å². The van der Waals surface area contributed by atoms with Crippen LogP contribution < -0.4 is 4.90 Å². The number of benzene rings is 1. The first-order chi connectivity index (χ1) is 12.3. The molecule has 0 aromatic heterocycles. The second-order valence-corrected chi connectivity index (χ2v) is 9.41. The molecule has 0 bridgehead atoms. The summed E-state index contributed by atoms with van der Waals surface area (Å²) in [6.07, 6.45) is 0.523. The number of piperazine rings is 1. The van der Waals surface area contributed by atoms with Crippen LogP contribution in [0.15, 0.2) is 24.3 Å². The van der Waals surface area contributed by atoms with Crippen LogP contribution in [0.2, 0.25) is 0 Å². The van der Waals surface area contributed by atoms with Gasteiger partial charge in [0.1, 0.15) is 5.82 Å². The fourth-order valence-electron chi connectivity index (χ4n) is 3.73. The van der Waals surface area contributed by atoms with E-state index >= 15 is 0 Å². The molecule has 0 unspecified atom stereocenters. The number of hydrogen-bond donors (Lipinski definition) is 0. The van der Waals surface area contributed by atoms with Crippen LogP contribution in [0.25, 0.3) is 0 Å². The van der Waals surface area contributed by atoms with Crippen LogP contribution >= 0.6 is 0 Å². The van der Waals surface area contributed by atoms with E-state index in [1.54, 1.807) is 24.1 Å². The molecule has 144 valence electrons. The molecule has 8 heteroatoms. The Bertz CT molecular complexity index is 745. The molecular formula is C18H26FN3O3S. The van der Waals surface area contributed by atoms with Gasteiger partial charge < -0.3 is 9.80 Å². The summed E-state index contributed by atoms with van der Waals surface area (Å²) in [6.45, 7) is 4.90. The smallest absolute Gasteiger partial charge is 0.239 e. The molecule has 2 saturated heterocycles. The lowest BCUT2D eigenvalue weighted by atomic mass is 10.1. The predicted molar refractivity (Wildman–Crippen MR) is 99.5 cm³/mol. The van der Waals surface area contributed by atoms with Crippen molar-refractivity contribution in [2.75, 3.05) is 49.6 Å². The van der Waals surface area contributed by atoms with Crippen LogP contribution in [0.5, 0.6) is 0 Å². The lowest BCUT2D eigenvalue weighted by Crippen LogP contribution is -2.55. The molecule has 3 rings (SSSR count). The molecular weight excluding hydrogens is 357 g/mol. The van der Waals surface area contributed by atoms with Gasteiger partial charge in [0.2, 0.25) is 5.91 Å². The van der Waals surface area contributed by atoms with E-state index in [4.69, 9.17) is 0 Å². The molecule has 2 heterocycles. The molecule has 2 fully saturated rings. The Morgan fingerprint density at radius 3 is 2.35 bits per heavy atom. The molecule has 1 aromatic carbocycles. The molecule has 2 atom stereocenters. The zero-order chi connectivity index (χ0) is 18.9. The maximum atomic E-state index is 13.1. The summed E-state index contributed by atoms with van der Waals surface area (Å²) in [6, 6.07) is 5.97. The second-order valence-electron chi connectivity index (χ2n) is 7.18. The fourth-order valence-corrected chi connectivity index (χ4v) is 5.51. The van der Waals surface area contributed by atoms with Gasteiger partial charge in [-0.15, -0.1) is 0 Å². The van der Waals surface area contributed by atoms with Gasteiger partial charge in [0.25, 0.3) is 0 Å². The first-order valence-electron chi connectivity index (χ1n) is 8.98. The van der Waals surface area contributed by atoms with Gasteiger partial charge in [-0.2, -0.15) is 0 Å². The zero-order valence-electron chi connectivity index (χ0n) is 15.3. The van der Waals surface area contributed by atoms with E-state index in [2.05, 4.69) is 9.80 Å². The highest BCUT2D eigenvalue weighted by atomic mass is 32.2. The first kappa shape index (κ1) is 19.1. The molecule has 6 nitrogen and oxygen atoms in total. The molecule has 0 N–H and O–H groups in total. The van der Waals surface area contributed by atoms with E-state index in [9.17, 15) is 17.6 Å². The van der Waals surface area contributed by atoms with E-state index < -0.39 is 9.84 Å². The average molecular weight is 383 g/mol. The third kappa shape index (κ3) is 4.17. The van der Waals surface area contributed by atoms with Gasteiger partial charge >= 0.3 is 0 Å². The minimum Gasteiger partial charge on any atom is -0.369 e. The monoisotopic (exact) mass is 383 g/mol. The summed E-state index contributed by atoms with van der Waals surface area (Å²) >= 11 is 0. The molecule has 0 spiro atoms. The lowest BCUT2D eigenvalue weighted by molar-refractivity contribution is -0.136. The minimum atomic E-state index is -3.01. The van der Waals surface area contributed by atoms with E-state index in [1.807, 2.05) is 6.92 Å². The number of sulfone groups is 1. The van der Waals surface area contributed by atoms with Crippen LogP contribution in [-0.4, -0.2) is 80.9 Å². The average Bonchev–Trinajstić information content (AvgIpc) is 3.00. The van der Waals surface area contributed by atoms with Crippen molar-refractivity contribution < 1.29 is 17.6 Å². The number of carbonyl (C=O) groups is 1. The second kappa shape index (κ2) is 7.52. The summed E-state index contributed by atoms with van der Waals surface area (Å²) in [5.41, 5.74) is 0.985. The number of carbonyl (C=O) groups excluding carboxylic acids is 1. The highest BCUT2D eigenvalue weighted by molar-refractivity contribution is 7.91. The number of amides is 1. The lowest BCUT2D eigenvalue weighted by Gasteiger charge is -2.40. The molecule has 2 aliphatic heterocycles. The van der Waals surface area contributed by atoms with Gasteiger partial charge in [0.05, 0.1) is 17.5 Å². The molecule has 1 aromatic rings. The maximum Gasteiger partial charge on any atom is 0.239 e. The number of anilines is 1. The Balaban J connectivity index is 1.55. The van der Waals surface area contributed by atoms with E-state index in [-0.39, 0.29) is 35.3 Å². The van der Waals surface area contributed by atoms with Crippen LogP contribution in [0, 0.1) is 5.82 Å². The Kier molecular flexibility index (Phi) is 5.53. The van der Waals surface area contributed by atoms with Gasteiger partial charge in [-0.3, -0.25) is 9.69 Å². The number of hydrogen-bond acceptors (Lipinski definition) is 5. The summed E-state index contributed by atoms with van der Waals surface area (Å²) in [7, 11) is -1.30. The third-order valence-electron chi connectivity index (χ3n) is 5.51. The van der Waals surface area contributed by atoms with Crippen molar-refractivity contribution in [3.05, 3.63) is 30.1 Å². The van der Waals surface area contributed by atoms with Gasteiger partial charge in [0, 0.05) is 45.0 Å². The predicted octanol–water partition coefficient (Wildman–Crippen LogP) is 0.982. The summed E-state index contributed by atoms with van der Waals surface area (Å²) in [5.74, 6) is -0.0359. The summed E-state index contributed by atoms with van der Waals surface area (Å²) in [5, 5.41) is 0. The largest absolute Gasteiger partial charge is 0.369 e. The number of nitrogens with zero attached hydrogens (tertiary/aromatic N) is 3. The Hall–Kier alpha value is -1.67. The van der Waals surface area contributed by atoms with Gasteiger partial charge in [0.15, 0.2) is 9.84 Å². The van der Waals surface area contributed by atoms with Crippen molar-refractivity contribution in [3.63, 3.8) is 0 Å². The Labute approximate surface area is 154 Å². The van der Waals surface area contributed by atoms with Crippen molar-refractivity contribution in [3.8, 4) is 0 Å². The van der Waals surface area contributed by atoms with E-state index in [0.29, 0.717) is 6.42 Å². The SMILES string of the molecule is C[C@@H](C(=O)N(C)[C@@H]1CCS(=O)(=O)C1)N1CCN(c2ccc(F)cc2)CC1. The molecule has 0 aliphatic carbocycles. The molecule has 0 saturated carbocycles. The topological polar surface area (TPSA) is 60.9 Å². The molecule has 0 radical (unpaired) electrons. The van der Waals surface area contributed by atoms with Crippen molar-refractivity contribution >= 4 is 21.4 Å². The van der Waals surface area contributed by atoms with Crippen molar-refractivity contribution in [1.29, 1.82) is 0 Å². The van der Waals surface area contributed by atoms with Crippen molar-refractivity contribution in [2.24, 2.45) is 0 Å². The first-order valence-corrected chi connectivity index (χ1v) is 10.8. The molecule has 1 amide bonds. The number of halogens is 1. The van der Waals surface area contributed by atoms with Gasteiger partial charge in [-0.25, -0.2) is 12.8 Å². The van der Waals surface area contributed by atoms with Gasteiger partial charge in [-0.1, -0.05) is 0 Å². The van der Waals surface area contributed by atoms with E-state index in [0.717, 1.165) is 31.9 Å². The highest BCUT2D eigenvalue weighted by Crippen LogP contribution is 2.20. The fraction of sp³-hybridized carbons (Fsp3) is 0.611.